The Morgan fingerprint density at radius 2 is 2.29 bits per heavy atom. The molecule has 1 aliphatic rings. The summed E-state index contributed by atoms with van der Waals surface area (Å²) in [6.45, 7) is 4.82. The number of carbonyl (C=O) groups excluding carboxylic acids is 1. The van der Waals surface area contributed by atoms with Crippen molar-refractivity contribution in [3.63, 3.8) is 0 Å². The average Bonchev–Trinajstić information content (AvgIpc) is 2.65. The van der Waals surface area contributed by atoms with Gasteiger partial charge in [0.1, 0.15) is 5.78 Å². The molecule has 1 heterocycles. The standard InChI is InChI=1S/C11H21NO2/c1-8(2)11(12)10(13)6-5-9-4-3-7-14-9/h8-9,11H,3-7,12H2,1-2H3/t9?,11-/m1/s1. The first-order valence-electron chi connectivity index (χ1n) is 5.51. The number of ketones is 1. The van der Waals surface area contributed by atoms with Crippen molar-refractivity contribution in [1.29, 1.82) is 0 Å². The predicted octanol–water partition coefficient (Wildman–Crippen LogP) is 1.50. The molecule has 0 aliphatic carbocycles. The molecule has 1 unspecified atom stereocenters. The summed E-state index contributed by atoms with van der Waals surface area (Å²) in [6.07, 6.45) is 3.96. The lowest BCUT2D eigenvalue weighted by Crippen LogP contribution is -2.35. The Bertz CT molecular complexity index is 186. The van der Waals surface area contributed by atoms with Crippen LogP contribution in [0.1, 0.15) is 39.5 Å². The number of nitrogens with two attached hydrogens (primary N) is 1. The highest BCUT2D eigenvalue weighted by atomic mass is 16.5. The highest BCUT2D eigenvalue weighted by Crippen LogP contribution is 2.17. The van der Waals surface area contributed by atoms with Crippen LogP contribution in [0.15, 0.2) is 0 Å². The lowest BCUT2D eigenvalue weighted by molar-refractivity contribution is -0.121. The maximum Gasteiger partial charge on any atom is 0.149 e. The van der Waals surface area contributed by atoms with Gasteiger partial charge in [0.15, 0.2) is 0 Å². The van der Waals surface area contributed by atoms with E-state index in [0.717, 1.165) is 25.9 Å². The van der Waals surface area contributed by atoms with Crippen LogP contribution in [0.5, 0.6) is 0 Å². The van der Waals surface area contributed by atoms with Crippen LogP contribution in [0, 0.1) is 5.92 Å². The summed E-state index contributed by atoms with van der Waals surface area (Å²) in [5, 5.41) is 0. The van der Waals surface area contributed by atoms with Gasteiger partial charge in [0.05, 0.1) is 12.1 Å². The zero-order valence-corrected chi connectivity index (χ0v) is 9.16. The number of carbonyl (C=O) groups is 1. The molecule has 0 spiro atoms. The number of hydrogen-bond donors (Lipinski definition) is 1. The largest absolute Gasteiger partial charge is 0.378 e. The number of hydrogen-bond acceptors (Lipinski definition) is 3. The SMILES string of the molecule is CC(C)[C@@H](N)C(=O)CCC1CCCO1. The molecule has 0 aromatic rings. The third-order valence-electron chi connectivity index (χ3n) is 2.83. The molecule has 0 saturated carbocycles. The van der Waals surface area contributed by atoms with E-state index in [2.05, 4.69) is 0 Å². The fourth-order valence-corrected chi connectivity index (χ4v) is 1.71. The van der Waals surface area contributed by atoms with Gasteiger partial charge in [-0.3, -0.25) is 4.79 Å². The van der Waals surface area contributed by atoms with Crippen molar-refractivity contribution in [2.24, 2.45) is 11.7 Å². The fraction of sp³-hybridized carbons (Fsp3) is 0.909. The van der Waals surface area contributed by atoms with Crippen molar-refractivity contribution in [3.05, 3.63) is 0 Å². The molecule has 1 rings (SSSR count). The summed E-state index contributed by atoms with van der Waals surface area (Å²) in [7, 11) is 0. The molecule has 1 saturated heterocycles. The zero-order valence-electron chi connectivity index (χ0n) is 9.16. The van der Waals surface area contributed by atoms with Gasteiger partial charge in [-0.05, 0) is 25.2 Å². The average molecular weight is 199 g/mol. The fourth-order valence-electron chi connectivity index (χ4n) is 1.71. The second kappa shape index (κ2) is 5.47. The first-order chi connectivity index (χ1) is 6.61. The number of Topliss-reactive ketones (excluding diaryl/α,β-unsaturated/α-hetero) is 1. The molecule has 2 atom stereocenters. The van der Waals surface area contributed by atoms with Crippen LogP contribution < -0.4 is 5.73 Å². The maximum absolute atomic E-state index is 11.6. The monoisotopic (exact) mass is 199 g/mol. The number of rotatable bonds is 5. The van der Waals surface area contributed by atoms with Crippen LogP contribution in [-0.4, -0.2) is 24.5 Å². The lowest BCUT2D eigenvalue weighted by atomic mass is 9.96. The predicted molar refractivity (Wildman–Crippen MR) is 56.0 cm³/mol. The molecule has 14 heavy (non-hydrogen) atoms. The summed E-state index contributed by atoms with van der Waals surface area (Å²) >= 11 is 0. The molecule has 2 N–H and O–H groups in total. The van der Waals surface area contributed by atoms with Gasteiger partial charge in [0.2, 0.25) is 0 Å². The summed E-state index contributed by atoms with van der Waals surface area (Å²) in [6, 6.07) is -0.295. The van der Waals surface area contributed by atoms with Crippen molar-refractivity contribution >= 4 is 5.78 Å². The summed E-state index contributed by atoms with van der Waals surface area (Å²) in [4.78, 5) is 11.6. The quantitative estimate of drug-likeness (QED) is 0.730. The van der Waals surface area contributed by atoms with Crippen LogP contribution in [0.3, 0.4) is 0 Å². The molecular formula is C11H21NO2. The first kappa shape index (κ1) is 11.7. The Labute approximate surface area is 86.0 Å². The van der Waals surface area contributed by atoms with Crippen LogP contribution in [0.2, 0.25) is 0 Å². The van der Waals surface area contributed by atoms with E-state index >= 15 is 0 Å². The second-order valence-corrected chi connectivity index (χ2v) is 4.41. The van der Waals surface area contributed by atoms with Gasteiger partial charge in [-0.2, -0.15) is 0 Å². The van der Waals surface area contributed by atoms with Crippen molar-refractivity contribution in [2.75, 3.05) is 6.61 Å². The second-order valence-electron chi connectivity index (χ2n) is 4.41. The molecule has 1 aliphatic heterocycles. The first-order valence-corrected chi connectivity index (χ1v) is 5.51. The van der Waals surface area contributed by atoms with Gasteiger partial charge >= 0.3 is 0 Å². The van der Waals surface area contributed by atoms with Crippen LogP contribution in [0.4, 0.5) is 0 Å². The van der Waals surface area contributed by atoms with Gasteiger partial charge in [0.25, 0.3) is 0 Å². The van der Waals surface area contributed by atoms with Crippen molar-refractivity contribution in [2.45, 2.75) is 51.7 Å². The van der Waals surface area contributed by atoms with Crippen LogP contribution in [0.25, 0.3) is 0 Å². The summed E-state index contributed by atoms with van der Waals surface area (Å²) in [5.41, 5.74) is 5.75. The highest BCUT2D eigenvalue weighted by molar-refractivity contribution is 5.83. The molecule has 1 fully saturated rings. The molecule has 0 bridgehead atoms. The lowest BCUT2D eigenvalue weighted by Gasteiger charge is -2.15. The van der Waals surface area contributed by atoms with E-state index in [1.165, 1.54) is 0 Å². The Balaban J connectivity index is 2.19. The van der Waals surface area contributed by atoms with Crippen LogP contribution >= 0.6 is 0 Å². The maximum atomic E-state index is 11.6. The molecule has 0 aromatic carbocycles. The normalized spacial score (nSPS) is 24.1. The Morgan fingerprint density at radius 3 is 2.79 bits per heavy atom. The topological polar surface area (TPSA) is 52.3 Å². The highest BCUT2D eigenvalue weighted by Gasteiger charge is 2.20. The molecular weight excluding hydrogens is 178 g/mol. The molecule has 0 aromatic heterocycles. The van der Waals surface area contributed by atoms with E-state index in [1.54, 1.807) is 0 Å². The molecule has 82 valence electrons. The summed E-state index contributed by atoms with van der Waals surface area (Å²) in [5.74, 6) is 0.419. The molecule has 0 amide bonds. The third kappa shape index (κ3) is 3.39. The van der Waals surface area contributed by atoms with Crippen molar-refractivity contribution in [3.8, 4) is 0 Å². The van der Waals surface area contributed by atoms with Gasteiger partial charge in [0, 0.05) is 13.0 Å². The number of ether oxygens (including phenoxy) is 1. The minimum Gasteiger partial charge on any atom is -0.378 e. The Hall–Kier alpha value is -0.410. The van der Waals surface area contributed by atoms with Gasteiger partial charge in [-0.15, -0.1) is 0 Å². The van der Waals surface area contributed by atoms with E-state index in [-0.39, 0.29) is 17.7 Å². The van der Waals surface area contributed by atoms with E-state index in [1.807, 2.05) is 13.8 Å². The minimum atomic E-state index is -0.295. The van der Waals surface area contributed by atoms with E-state index < -0.39 is 0 Å². The van der Waals surface area contributed by atoms with E-state index in [0.29, 0.717) is 12.5 Å². The Morgan fingerprint density at radius 1 is 1.57 bits per heavy atom. The van der Waals surface area contributed by atoms with Gasteiger partial charge in [-0.25, -0.2) is 0 Å². The van der Waals surface area contributed by atoms with Crippen molar-refractivity contribution < 1.29 is 9.53 Å². The van der Waals surface area contributed by atoms with Crippen molar-refractivity contribution in [1.82, 2.24) is 0 Å². The summed E-state index contributed by atoms with van der Waals surface area (Å²) < 4.78 is 5.45. The van der Waals surface area contributed by atoms with Crippen LogP contribution in [-0.2, 0) is 9.53 Å². The zero-order chi connectivity index (χ0) is 10.6. The smallest absolute Gasteiger partial charge is 0.149 e. The van der Waals surface area contributed by atoms with E-state index in [9.17, 15) is 4.79 Å². The Kier molecular flexibility index (Phi) is 4.55. The van der Waals surface area contributed by atoms with Gasteiger partial charge < -0.3 is 10.5 Å². The van der Waals surface area contributed by atoms with E-state index in [4.69, 9.17) is 10.5 Å². The molecule has 3 heteroatoms. The third-order valence-corrected chi connectivity index (χ3v) is 2.83. The minimum absolute atomic E-state index is 0.176. The van der Waals surface area contributed by atoms with Gasteiger partial charge in [-0.1, -0.05) is 13.8 Å². The molecule has 0 radical (unpaired) electrons. The molecule has 3 nitrogen and oxygen atoms in total.